The fourth-order valence-corrected chi connectivity index (χ4v) is 1.94. The lowest BCUT2D eigenvalue weighted by atomic mass is 9.90. The number of carbonyl (C=O) groups is 1. The number of hydrogen-bond donors (Lipinski definition) is 2. The SMILES string of the molecule is NCC1(NC(=O)c2ccccn2)CCOCC1. The maximum Gasteiger partial charge on any atom is 0.270 e. The van der Waals surface area contributed by atoms with Crippen molar-refractivity contribution in [2.45, 2.75) is 18.4 Å². The Labute approximate surface area is 100 Å². The van der Waals surface area contributed by atoms with Gasteiger partial charge >= 0.3 is 0 Å². The van der Waals surface area contributed by atoms with Gasteiger partial charge in [-0.05, 0) is 25.0 Å². The van der Waals surface area contributed by atoms with Crippen molar-refractivity contribution < 1.29 is 9.53 Å². The highest BCUT2D eigenvalue weighted by atomic mass is 16.5. The van der Waals surface area contributed by atoms with Crippen molar-refractivity contribution in [3.63, 3.8) is 0 Å². The molecule has 0 bridgehead atoms. The molecule has 0 atom stereocenters. The molecule has 0 radical (unpaired) electrons. The molecule has 0 saturated carbocycles. The standard InChI is InChI=1S/C12H17N3O2/c13-9-12(4-7-17-8-5-12)15-11(16)10-3-1-2-6-14-10/h1-3,6H,4-5,7-9,13H2,(H,15,16). The van der Waals surface area contributed by atoms with E-state index in [2.05, 4.69) is 10.3 Å². The van der Waals surface area contributed by atoms with Gasteiger partial charge in [0.05, 0.1) is 5.54 Å². The summed E-state index contributed by atoms with van der Waals surface area (Å²) in [5.41, 5.74) is 5.86. The highest BCUT2D eigenvalue weighted by Crippen LogP contribution is 2.19. The Balaban J connectivity index is 2.06. The van der Waals surface area contributed by atoms with Crippen molar-refractivity contribution in [2.75, 3.05) is 19.8 Å². The van der Waals surface area contributed by atoms with Crippen molar-refractivity contribution in [3.05, 3.63) is 30.1 Å². The number of amides is 1. The molecule has 5 heteroatoms. The van der Waals surface area contributed by atoms with E-state index in [1.165, 1.54) is 0 Å². The van der Waals surface area contributed by atoms with Gasteiger partial charge in [-0.15, -0.1) is 0 Å². The topological polar surface area (TPSA) is 77.2 Å². The van der Waals surface area contributed by atoms with Gasteiger partial charge < -0.3 is 15.8 Å². The zero-order valence-electron chi connectivity index (χ0n) is 9.69. The van der Waals surface area contributed by atoms with Gasteiger partial charge in [-0.1, -0.05) is 6.07 Å². The molecule has 1 aromatic heterocycles. The molecular weight excluding hydrogens is 218 g/mol. The summed E-state index contributed by atoms with van der Waals surface area (Å²) in [4.78, 5) is 16.0. The molecule has 0 unspecified atom stereocenters. The molecule has 1 aliphatic rings. The van der Waals surface area contributed by atoms with Crippen LogP contribution >= 0.6 is 0 Å². The molecule has 92 valence electrons. The minimum Gasteiger partial charge on any atom is -0.381 e. The van der Waals surface area contributed by atoms with Crippen LogP contribution in [0.15, 0.2) is 24.4 Å². The Kier molecular flexibility index (Phi) is 3.71. The summed E-state index contributed by atoms with van der Waals surface area (Å²) in [6.07, 6.45) is 3.11. The van der Waals surface area contributed by atoms with Crippen LogP contribution in [0.25, 0.3) is 0 Å². The van der Waals surface area contributed by atoms with Gasteiger partial charge in [-0.25, -0.2) is 0 Å². The molecule has 5 nitrogen and oxygen atoms in total. The van der Waals surface area contributed by atoms with E-state index in [0.29, 0.717) is 25.5 Å². The van der Waals surface area contributed by atoms with Gasteiger partial charge in [-0.3, -0.25) is 9.78 Å². The molecule has 0 aliphatic carbocycles. The number of nitrogens with one attached hydrogen (secondary N) is 1. The second-order valence-corrected chi connectivity index (χ2v) is 4.27. The number of aromatic nitrogens is 1. The van der Waals surface area contributed by atoms with Gasteiger partial charge in [0, 0.05) is 26.0 Å². The third-order valence-corrected chi connectivity index (χ3v) is 3.12. The molecule has 1 saturated heterocycles. The molecule has 3 N–H and O–H groups in total. The van der Waals surface area contributed by atoms with Crippen LogP contribution in [-0.4, -0.2) is 36.2 Å². The summed E-state index contributed by atoms with van der Waals surface area (Å²) < 4.78 is 5.29. The molecule has 1 aromatic rings. The van der Waals surface area contributed by atoms with Crippen LogP contribution in [0.3, 0.4) is 0 Å². The summed E-state index contributed by atoms with van der Waals surface area (Å²) in [6.45, 7) is 1.70. The first-order chi connectivity index (χ1) is 8.26. The van der Waals surface area contributed by atoms with Crippen LogP contribution < -0.4 is 11.1 Å². The summed E-state index contributed by atoms with van der Waals surface area (Å²) in [7, 11) is 0. The Morgan fingerprint density at radius 3 is 2.82 bits per heavy atom. The van der Waals surface area contributed by atoms with Gasteiger partial charge in [0.1, 0.15) is 5.69 Å². The third kappa shape index (κ3) is 2.81. The number of hydrogen-bond acceptors (Lipinski definition) is 4. The summed E-state index contributed by atoms with van der Waals surface area (Å²) >= 11 is 0. The van der Waals surface area contributed by atoms with Crippen molar-refractivity contribution in [2.24, 2.45) is 5.73 Å². The van der Waals surface area contributed by atoms with Crippen LogP contribution in [0.5, 0.6) is 0 Å². The van der Waals surface area contributed by atoms with E-state index in [0.717, 1.165) is 12.8 Å². The summed E-state index contributed by atoms with van der Waals surface area (Å²) in [5, 5.41) is 2.99. The molecule has 17 heavy (non-hydrogen) atoms. The van der Waals surface area contributed by atoms with E-state index in [9.17, 15) is 4.79 Å². The largest absolute Gasteiger partial charge is 0.381 e. The number of nitrogens with zero attached hydrogens (tertiary/aromatic N) is 1. The monoisotopic (exact) mass is 235 g/mol. The first-order valence-corrected chi connectivity index (χ1v) is 5.77. The average molecular weight is 235 g/mol. The molecule has 2 rings (SSSR count). The fraction of sp³-hybridized carbons (Fsp3) is 0.500. The maximum absolute atomic E-state index is 12.0. The molecule has 1 amide bonds. The quantitative estimate of drug-likeness (QED) is 0.791. The number of nitrogens with two attached hydrogens (primary N) is 1. The fourth-order valence-electron chi connectivity index (χ4n) is 1.94. The predicted octanol–water partition coefficient (Wildman–Crippen LogP) is 0.319. The van der Waals surface area contributed by atoms with Crippen LogP contribution in [0, 0.1) is 0 Å². The Hall–Kier alpha value is -1.46. The Morgan fingerprint density at radius 1 is 1.47 bits per heavy atom. The van der Waals surface area contributed by atoms with Gasteiger partial charge in [0.15, 0.2) is 0 Å². The summed E-state index contributed by atoms with van der Waals surface area (Å²) in [6, 6.07) is 5.27. The second-order valence-electron chi connectivity index (χ2n) is 4.27. The Morgan fingerprint density at radius 2 is 2.24 bits per heavy atom. The van der Waals surface area contributed by atoms with Crippen LogP contribution in [-0.2, 0) is 4.74 Å². The Bertz CT molecular complexity index is 375. The summed E-state index contributed by atoms with van der Waals surface area (Å²) in [5.74, 6) is -0.169. The first-order valence-electron chi connectivity index (χ1n) is 5.77. The highest BCUT2D eigenvalue weighted by Gasteiger charge is 2.33. The lowest BCUT2D eigenvalue weighted by molar-refractivity contribution is 0.0387. The predicted molar refractivity (Wildman–Crippen MR) is 63.5 cm³/mol. The lowest BCUT2D eigenvalue weighted by Gasteiger charge is -2.36. The first kappa shape index (κ1) is 12.0. The van der Waals surface area contributed by atoms with E-state index < -0.39 is 0 Å². The number of ether oxygens (including phenoxy) is 1. The third-order valence-electron chi connectivity index (χ3n) is 3.12. The van der Waals surface area contributed by atoms with E-state index >= 15 is 0 Å². The van der Waals surface area contributed by atoms with Gasteiger partial charge in [-0.2, -0.15) is 0 Å². The average Bonchev–Trinajstić information content (AvgIpc) is 2.41. The zero-order chi connectivity index (χ0) is 12.1. The van der Waals surface area contributed by atoms with Crippen molar-refractivity contribution in [1.29, 1.82) is 0 Å². The number of pyridine rings is 1. The van der Waals surface area contributed by atoms with Crippen molar-refractivity contribution in [3.8, 4) is 0 Å². The smallest absolute Gasteiger partial charge is 0.270 e. The molecule has 1 fully saturated rings. The van der Waals surface area contributed by atoms with E-state index in [1.54, 1.807) is 24.4 Å². The van der Waals surface area contributed by atoms with Crippen molar-refractivity contribution >= 4 is 5.91 Å². The minimum atomic E-state index is -0.340. The minimum absolute atomic E-state index is 0.169. The highest BCUT2D eigenvalue weighted by molar-refractivity contribution is 5.92. The number of rotatable bonds is 3. The van der Waals surface area contributed by atoms with E-state index in [1.807, 2.05) is 0 Å². The zero-order valence-corrected chi connectivity index (χ0v) is 9.69. The van der Waals surface area contributed by atoms with E-state index in [-0.39, 0.29) is 11.4 Å². The van der Waals surface area contributed by atoms with E-state index in [4.69, 9.17) is 10.5 Å². The molecule has 2 heterocycles. The van der Waals surface area contributed by atoms with Crippen LogP contribution in [0.1, 0.15) is 23.3 Å². The van der Waals surface area contributed by atoms with Gasteiger partial charge in [0.25, 0.3) is 5.91 Å². The van der Waals surface area contributed by atoms with Crippen LogP contribution in [0.2, 0.25) is 0 Å². The molecule has 1 aliphatic heterocycles. The lowest BCUT2D eigenvalue weighted by Crippen LogP contribution is -2.56. The van der Waals surface area contributed by atoms with Crippen molar-refractivity contribution in [1.82, 2.24) is 10.3 Å². The number of carbonyl (C=O) groups excluding carboxylic acids is 1. The van der Waals surface area contributed by atoms with Gasteiger partial charge in [0.2, 0.25) is 0 Å². The molecule has 0 aromatic carbocycles. The normalized spacial score (nSPS) is 18.6. The molecular formula is C12H17N3O2. The van der Waals surface area contributed by atoms with Crippen LogP contribution in [0.4, 0.5) is 0 Å². The molecule has 0 spiro atoms. The maximum atomic E-state index is 12.0. The second kappa shape index (κ2) is 5.25.